The van der Waals surface area contributed by atoms with Crippen LogP contribution >= 0.6 is 0 Å². The molecule has 5 rings (SSSR count). The predicted octanol–water partition coefficient (Wildman–Crippen LogP) is 5.69. The Labute approximate surface area is 201 Å². The van der Waals surface area contributed by atoms with E-state index in [1.807, 2.05) is 41.9 Å². The molecule has 1 atom stereocenters. The minimum atomic E-state index is -0.530. The zero-order valence-corrected chi connectivity index (χ0v) is 19.1. The lowest BCUT2D eigenvalue weighted by Gasteiger charge is -2.19. The molecule has 176 valence electrons. The summed E-state index contributed by atoms with van der Waals surface area (Å²) in [5, 5.41) is 3.81. The Morgan fingerprint density at radius 3 is 2.49 bits per heavy atom. The van der Waals surface area contributed by atoms with Crippen molar-refractivity contribution in [3.05, 3.63) is 114 Å². The number of aryl methyl sites for hydroxylation is 2. The SMILES string of the molecule is Cn1ccnc1C(NC(=O)CCc1c(-c2ccccc2)[nH]c2ccc(F)cc12)c1ccc(F)cc1. The molecule has 0 aliphatic carbocycles. The van der Waals surface area contributed by atoms with Gasteiger partial charge in [-0.2, -0.15) is 0 Å². The van der Waals surface area contributed by atoms with E-state index in [4.69, 9.17) is 0 Å². The highest BCUT2D eigenvalue weighted by molar-refractivity contribution is 5.91. The van der Waals surface area contributed by atoms with Crippen molar-refractivity contribution in [3.8, 4) is 11.3 Å². The van der Waals surface area contributed by atoms with Crippen LogP contribution in [0.3, 0.4) is 0 Å². The summed E-state index contributed by atoms with van der Waals surface area (Å²) < 4.78 is 29.4. The molecule has 5 nitrogen and oxygen atoms in total. The fourth-order valence-electron chi connectivity index (χ4n) is 4.41. The third kappa shape index (κ3) is 4.71. The fourth-order valence-corrected chi connectivity index (χ4v) is 4.41. The first-order chi connectivity index (χ1) is 17.0. The van der Waals surface area contributed by atoms with E-state index in [-0.39, 0.29) is 24.0 Å². The van der Waals surface area contributed by atoms with Gasteiger partial charge in [0.1, 0.15) is 23.5 Å². The van der Waals surface area contributed by atoms with Crippen LogP contribution in [0.2, 0.25) is 0 Å². The number of fused-ring (bicyclic) bond motifs is 1. The minimum Gasteiger partial charge on any atom is -0.354 e. The molecule has 2 aromatic heterocycles. The summed E-state index contributed by atoms with van der Waals surface area (Å²) in [5.41, 5.74) is 4.28. The Bertz CT molecular complexity index is 1470. The van der Waals surface area contributed by atoms with Gasteiger partial charge in [0.25, 0.3) is 0 Å². The van der Waals surface area contributed by atoms with E-state index in [1.54, 1.807) is 30.6 Å². The molecule has 2 N–H and O–H groups in total. The lowest BCUT2D eigenvalue weighted by Crippen LogP contribution is -2.31. The summed E-state index contributed by atoms with van der Waals surface area (Å²) in [6, 6.07) is 19.9. The lowest BCUT2D eigenvalue weighted by molar-refractivity contribution is -0.121. The first-order valence-corrected chi connectivity index (χ1v) is 11.4. The molecule has 2 heterocycles. The molecule has 0 saturated carbocycles. The Morgan fingerprint density at radius 1 is 1.03 bits per heavy atom. The van der Waals surface area contributed by atoms with Crippen molar-refractivity contribution in [1.29, 1.82) is 0 Å². The Kier molecular flexibility index (Phi) is 6.14. The smallest absolute Gasteiger partial charge is 0.221 e. The van der Waals surface area contributed by atoms with Gasteiger partial charge in [-0.1, -0.05) is 42.5 Å². The monoisotopic (exact) mass is 470 g/mol. The minimum absolute atomic E-state index is 0.186. The number of amides is 1. The molecular weight excluding hydrogens is 446 g/mol. The standard InChI is InChI=1S/C28H24F2N4O/c1-34-16-15-31-28(34)27(19-7-9-20(29)10-8-19)33-25(35)14-12-22-23-17-21(30)11-13-24(23)32-26(22)18-5-3-2-4-6-18/h2-11,13,15-17,27,32H,12,14H2,1H3,(H,33,35). The number of aromatic amines is 1. The van der Waals surface area contributed by atoms with Crippen LogP contribution in [0, 0.1) is 11.6 Å². The summed E-state index contributed by atoms with van der Waals surface area (Å²) in [4.78, 5) is 20.9. The van der Waals surface area contributed by atoms with Gasteiger partial charge in [0, 0.05) is 42.5 Å². The number of hydrogen-bond donors (Lipinski definition) is 2. The number of rotatable bonds is 7. The molecule has 7 heteroatoms. The Balaban J connectivity index is 1.42. The van der Waals surface area contributed by atoms with Gasteiger partial charge in [-0.15, -0.1) is 0 Å². The van der Waals surface area contributed by atoms with Gasteiger partial charge in [0.05, 0.1) is 0 Å². The van der Waals surface area contributed by atoms with Crippen molar-refractivity contribution in [3.63, 3.8) is 0 Å². The van der Waals surface area contributed by atoms with Gasteiger partial charge < -0.3 is 14.9 Å². The number of nitrogens with zero attached hydrogens (tertiary/aromatic N) is 2. The second-order valence-corrected chi connectivity index (χ2v) is 8.48. The number of H-pyrrole nitrogens is 1. The summed E-state index contributed by atoms with van der Waals surface area (Å²) >= 11 is 0. The molecule has 35 heavy (non-hydrogen) atoms. The van der Waals surface area contributed by atoms with E-state index >= 15 is 0 Å². The number of halogens is 2. The summed E-state index contributed by atoms with van der Waals surface area (Å²) in [7, 11) is 1.84. The van der Waals surface area contributed by atoms with Crippen molar-refractivity contribution in [2.24, 2.45) is 7.05 Å². The molecular formula is C28H24F2N4O. The Hall–Kier alpha value is -4.26. The van der Waals surface area contributed by atoms with Gasteiger partial charge in [0.2, 0.25) is 5.91 Å². The van der Waals surface area contributed by atoms with Crippen LogP contribution in [0.4, 0.5) is 8.78 Å². The van der Waals surface area contributed by atoms with Crippen LogP contribution in [0.25, 0.3) is 22.2 Å². The molecule has 0 fully saturated rings. The second-order valence-electron chi connectivity index (χ2n) is 8.48. The molecule has 1 amide bonds. The van der Waals surface area contributed by atoms with E-state index < -0.39 is 6.04 Å². The largest absolute Gasteiger partial charge is 0.354 e. The molecule has 0 aliphatic rings. The first-order valence-electron chi connectivity index (χ1n) is 11.4. The topological polar surface area (TPSA) is 62.7 Å². The number of aromatic nitrogens is 3. The first kappa shape index (κ1) is 22.5. The van der Waals surface area contributed by atoms with Gasteiger partial charge in [-0.3, -0.25) is 4.79 Å². The van der Waals surface area contributed by atoms with Crippen LogP contribution in [0.5, 0.6) is 0 Å². The van der Waals surface area contributed by atoms with Crippen molar-refractivity contribution in [2.45, 2.75) is 18.9 Å². The Morgan fingerprint density at radius 2 is 1.77 bits per heavy atom. The third-order valence-electron chi connectivity index (χ3n) is 6.16. The second kappa shape index (κ2) is 9.54. The average Bonchev–Trinajstić information content (AvgIpc) is 3.45. The van der Waals surface area contributed by atoms with Crippen LogP contribution in [0.15, 0.2) is 85.2 Å². The molecule has 1 unspecified atom stereocenters. The van der Waals surface area contributed by atoms with Crippen LogP contribution in [-0.4, -0.2) is 20.4 Å². The number of carbonyl (C=O) groups excluding carboxylic acids is 1. The van der Waals surface area contributed by atoms with E-state index in [9.17, 15) is 13.6 Å². The maximum absolute atomic E-state index is 14.1. The van der Waals surface area contributed by atoms with Crippen LogP contribution in [0.1, 0.15) is 29.4 Å². The van der Waals surface area contributed by atoms with Gasteiger partial charge in [-0.25, -0.2) is 13.8 Å². The normalized spacial score (nSPS) is 12.1. The van der Waals surface area contributed by atoms with E-state index in [1.165, 1.54) is 24.3 Å². The molecule has 5 aromatic rings. The van der Waals surface area contributed by atoms with Crippen molar-refractivity contribution < 1.29 is 13.6 Å². The molecule has 0 radical (unpaired) electrons. The number of benzene rings is 3. The van der Waals surface area contributed by atoms with Crippen LogP contribution in [-0.2, 0) is 18.3 Å². The number of carbonyl (C=O) groups is 1. The molecule has 3 aromatic carbocycles. The highest BCUT2D eigenvalue weighted by Gasteiger charge is 2.22. The number of imidazole rings is 1. The molecule has 0 spiro atoms. The van der Waals surface area contributed by atoms with Gasteiger partial charge in [0.15, 0.2) is 0 Å². The average molecular weight is 471 g/mol. The molecule has 0 bridgehead atoms. The fraction of sp³-hybridized carbons (Fsp3) is 0.143. The van der Waals surface area contributed by atoms with Crippen molar-refractivity contribution in [1.82, 2.24) is 19.9 Å². The van der Waals surface area contributed by atoms with Crippen molar-refractivity contribution in [2.75, 3.05) is 0 Å². The lowest BCUT2D eigenvalue weighted by atomic mass is 10.0. The van der Waals surface area contributed by atoms with Gasteiger partial charge in [-0.05, 0) is 53.4 Å². The molecule has 0 saturated heterocycles. The maximum atomic E-state index is 14.1. The van der Waals surface area contributed by atoms with E-state index in [0.29, 0.717) is 12.2 Å². The zero-order chi connectivity index (χ0) is 24.4. The number of hydrogen-bond acceptors (Lipinski definition) is 2. The van der Waals surface area contributed by atoms with E-state index in [2.05, 4.69) is 15.3 Å². The molecule has 0 aliphatic heterocycles. The summed E-state index contributed by atoms with van der Waals surface area (Å²) in [6.45, 7) is 0. The quantitative estimate of drug-likeness (QED) is 0.321. The van der Waals surface area contributed by atoms with E-state index in [0.717, 1.165) is 33.3 Å². The third-order valence-corrected chi connectivity index (χ3v) is 6.16. The highest BCUT2D eigenvalue weighted by atomic mass is 19.1. The number of nitrogens with one attached hydrogen (secondary N) is 2. The van der Waals surface area contributed by atoms with Gasteiger partial charge >= 0.3 is 0 Å². The predicted molar refractivity (Wildman–Crippen MR) is 132 cm³/mol. The summed E-state index contributed by atoms with van der Waals surface area (Å²) in [5.74, 6) is -0.220. The highest BCUT2D eigenvalue weighted by Crippen LogP contribution is 2.32. The summed E-state index contributed by atoms with van der Waals surface area (Å²) in [6.07, 6.45) is 4.05. The maximum Gasteiger partial charge on any atom is 0.221 e. The van der Waals surface area contributed by atoms with Crippen molar-refractivity contribution >= 4 is 16.8 Å². The van der Waals surface area contributed by atoms with Crippen LogP contribution < -0.4 is 5.32 Å². The zero-order valence-electron chi connectivity index (χ0n) is 19.1.